The number of ketones is 1. The molecule has 3 heterocycles. The lowest BCUT2D eigenvalue weighted by molar-refractivity contribution is 0.0529. The van der Waals surface area contributed by atoms with Crippen LogP contribution in [0.2, 0.25) is 0 Å². The number of rotatable bonds is 5. The summed E-state index contributed by atoms with van der Waals surface area (Å²) < 4.78 is 7.81. The molecule has 0 atom stereocenters. The van der Waals surface area contributed by atoms with Crippen LogP contribution in [0.1, 0.15) is 32.6 Å². The molecule has 0 aliphatic heterocycles. The van der Waals surface area contributed by atoms with E-state index in [2.05, 4.69) is 20.9 Å². The van der Waals surface area contributed by atoms with Gasteiger partial charge >= 0.3 is 5.97 Å². The highest BCUT2D eigenvalue weighted by Gasteiger charge is 2.22. The third kappa shape index (κ3) is 3.39. The van der Waals surface area contributed by atoms with E-state index in [4.69, 9.17) is 4.74 Å². The van der Waals surface area contributed by atoms with Gasteiger partial charge in [0.15, 0.2) is 0 Å². The fraction of sp³-hybridized carbons (Fsp3) is 0.0952. The number of ether oxygens (including phenoxy) is 1. The van der Waals surface area contributed by atoms with Crippen LogP contribution in [0.15, 0.2) is 64.7 Å². The first-order valence-electron chi connectivity index (χ1n) is 8.61. The number of carbonyl (C=O) groups is 2. The lowest BCUT2D eigenvalue weighted by Gasteiger charge is -2.06. The normalized spacial score (nSPS) is 10.9. The molecule has 0 N–H and O–H groups in total. The van der Waals surface area contributed by atoms with Gasteiger partial charge in [-0.15, -0.1) is 11.3 Å². The Bertz CT molecular complexity index is 1160. The molecule has 4 rings (SSSR count). The summed E-state index contributed by atoms with van der Waals surface area (Å²) in [5, 5.41) is 1.85. The second-order valence-electron chi connectivity index (χ2n) is 6.01. The van der Waals surface area contributed by atoms with E-state index in [-0.39, 0.29) is 12.4 Å². The van der Waals surface area contributed by atoms with E-state index < -0.39 is 5.97 Å². The van der Waals surface area contributed by atoms with Gasteiger partial charge in [-0.05, 0) is 42.6 Å². The number of aromatic nitrogens is 2. The van der Waals surface area contributed by atoms with Crippen LogP contribution >= 0.6 is 27.3 Å². The maximum absolute atomic E-state index is 12.9. The van der Waals surface area contributed by atoms with Gasteiger partial charge in [-0.2, -0.15) is 0 Å². The maximum atomic E-state index is 12.9. The minimum Gasteiger partial charge on any atom is -0.462 e. The van der Waals surface area contributed by atoms with Gasteiger partial charge in [0, 0.05) is 10.0 Å². The Morgan fingerprint density at radius 3 is 2.64 bits per heavy atom. The zero-order valence-electron chi connectivity index (χ0n) is 14.9. The molecule has 3 aromatic heterocycles. The molecule has 0 aliphatic rings. The molecule has 7 heteroatoms. The Morgan fingerprint density at radius 1 is 1.18 bits per heavy atom. The number of hydrogen-bond donors (Lipinski definition) is 0. The molecule has 5 nitrogen and oxygen atoms in total. The molecule has 0 bridgehead atoms. The van der Waals surface area contributed by atoms with Crippen LogP contribution < -0.4 is 0 Å². The van der Waals surface area contributed by atoms with E-state index in [1.807, 2.05) is 35.7 Å². The van der Waals surface area contributed by atoms with Gasteiger partial charge in [-0.3, -0.25) is 9.20 Å². The lowest BCUT2D eigenvalue weighted by Crippen LogP contribution is -2.04. The lowest BCUT2D eigenvalue weighted by atomic mass is 10.1. The average molecular weight is 455 g/mol. The van der Waals surface area contributed by atoms with E-state index in [1.54, 1.807) is 35.9 Å². The van der Waals surface area contributed by atoms with Crippen LogP contribution in [0, 0.1) is 0 Å². The van der Waals surface area contributed by atoms with Crippen molar-refractivity contribution in [1.29, 1.82) is 0 Å². The summed E-state index contributed by atoms with van der Waals surface area (Å²) in [6.07, 6.45) is 1.58. The molecule has 0 radical (unpaired) electrons. The summed E-state index contributed by atoms with van der Waals surface area (Å²) in [4.78, 5) is 30.5. The molecule has 28 heavy (non-hydrogen) atoms. The molecule has 140 valence electrons. The molecule has 0 spiro atoms. The zero-order valence-corrected chi connectivity index (χ0v) is 17.3. The smallest absolute Gasteiger partial charge is 0.340 e. The van der Waals surface area contributed by atoms with Crippen LogP contribution in [-0.2, 0) is 4.74 Å². The van der Waals surface area contributed by atoms with Crippen LogP contribution in [0.4, 0.5) is 0 Å². The molecule has 1 aromatic carbocycles. The predicted molar refractivity (Wildman–Crippen MR) is 112 cm³/mol. The predicted octanol–water partition coefficient (Wildman–Crippen LogP) is 5.23. The molecule has 0 fully saturated rings. The van der Waals surface area contributed by atoms with Gasteiger partial charge < -0.3 is 4.74 Å². The molecule has 4 aromatic rings. The third-order valence-electron chi connectivity index (χ3n) is 4.27. The Morgan fingerprint density at radius 2 is 1.96 bits per heavy atom. The molecule has 0 aliphatic carbocycles. The van der Waals surface area contributed by atoms with Crippen LogP contribution in [0.5, 0.6) is 0 Å². The summed E-state index contributed by atoms with van der Waals surface area (Å²) in [6, 6.07) is 14.7. The van der Waals surface area contributed by atoms with Crippen molar-refractivity contribution in [2.75, 3.05) is 6.61 Å². The van der Waals surface area contributed by atoms with Crippen molar-refractivity contribution >= 4 is 44.5 Å². The quantitative estimate of drug-likeness (QED) is 0.305. The largest absolute Gasteiger partial charge is 0.462 e. The Kier molecular flexibility index (Phi) is 5.11. The van der Waals surface area contributed by atoms with Gasteiger partial charge in [0.05, 0.1) is 34.0 Å². The fourth-order valence-corrected chi connectivity index (χ4v) is 3.89. The third-order valence-corrected chi connectivity index (χ3v) is 5.67. The van der Waals surface area contributed by atoms with Crippen LogP contribution in [0.25, 0.3) is 16.8 Å². The Hall–Kier alpha value is -2.77. The molecule has 0 saturated carbocycles. The molecule has 0 unspecified atom stereocenters. The maximum Gasteiger partial charge on any atom is 0.340 e. The van der Waals surface area contributed by atoms with E-state index in [1.165, 1.54) is 11.3 Å². The van der Waals surface area contributed by atoms with Crippen molar-refractivity contribution in [3.8, 4) is 11.3 Å². The first-order valence-corrected chi connectivity index (χ1v) is 10.3. The summed E-state index contributed by atoms with van der Waals surface area (Å²) in [6.45, 7) is 2.01. The van der Waals surface area contributed by atoms with E-state index >= 15 is 0 Å². The number of carbonyl (C=O) groups excluding carboxylic acids is 2. The van der Waals surface area contributed by atoms with Gasteiger partial charge in [-0.1, -0.05) is 34.1 Å². The summed E-state index contributed by atoms with van der Waals surface area (Å²) in [5.74, 6) is -0.614. The Labute approximate surface area is 173 Å². The van der Waals surface area contributed by atoms with Crippen LogP contribution in [-0.4, -0.2) is 27.7 Å². The summed E-state index contributed by atoms with van der Waals surface area (Å²) in [7, 11) is 0. The van der Waals surface area contributed by atoms with Crippen molar-refractivity contribution in [2.45, 2.75) is 6.92 Å². The first kappa shape index (κ1) is 18.6. The number of benzene rings is 1. The molecule has 0 saturated heterocycles. The monoisotopic (exact) mass is 454 g/mol. The van der Waals surface area contributed by atoms with E-state index in [0.29, 0.717) is 27.3 Å². The van der Waals surface area contributed by atoms with Crippen LogP contribution in [0.3, 0.4) is 0 Å². The zero-order chi connectivity index (χ0) is 19.7. The van der Waals surface area contributed by atoms with Crippen molar-refractivity contribution in [2.24, 2.45) is 0 Å². The number of thiophene rings is 1. The highest BCUT2D eigenvalue weighted by atomic mass is 79.9. The van der Waals surface area contributed by atoms with Crippen molar-refractivity contribution in [3.05, 3.63) is 80.8 Å². The SMILES string of the molecule is CCOC(=O)c1cc(C(=O)c2cccs2)n2cnc(-c3ccc(Br)cc3)cc12. The first-order chi connectivity index (χ1) is 13.6. The number of nitrogens with zero attached hydrogens (tertiary/aromatic N) is 2. The number of esters is 1. The number of halogens is 1. The van der Waals surface area contributed by atoms with E-state index in [9.17, 15) is 9.59 Å². The minimum absolute atomic E-state index is 0.154. The molecular formula is C21H15BrN2O3S. The van der Waals surface area contributed by atoms with Gasteiger partial charge in [0.25, 0.3) is 0 Å². The Balaban J connectivity index is 1.89. The highest BCUT2D eigenvalue weighted by Crippen LogP contribution is 2.26. The van der Waals surface area contributed by atoms with Gasteiger partial charge in [0.1, 0.15) is 6.33 Å². The van der Waals surface area contributed by atoms with Gasteiger partial charge in [0.2, 0.25) is 5.78 Å². The van der Waals surface area contributed by atoms with Crippen molar-refractivity contribution < 1.29 is 14.3 Å². The highest BCUT2D eigenvalue weighted by molar-refractivity contribution is 9.10. The second-order valence-corrected chi connectivity index (χ2v) is 7.87. The topological polar surface area (TPSA) is 60.7 Å². The van der Waals surface area contributed by atoms with E-state index in [0.717, 1.165) is 10.0 Å². The molecular weight excluding hydrogens is 440 g/mol. The minimum atomic E-state index is -0.460. The number of hydrogen-bond acceptors (Lipinski definition) is 5. The van der Waals surface area contributed by atoms with Crippen molar-refractivity contribution in [3.63, 3.8) is 0 Å². The van der Waals surface area contributed by atoms with Gasteiger partial charge in [-0.25, -0.2) is 9.78 Å². The summed E-state index contributed by atoms with van der Waals surface area (Å²) >= 11 is 4.78. The average Bonchev–Trinajstić information content (AvgIpc) is 3.36. The standard InChI is InChI=1S/C21H15BrN2O3S/c1-2-27-21(26)15-10-18(20(25)19-4-3-9-28-19)24-12-23-16(11-17(15)24)13-5-7-14(22)8-6-13/h3-12H,2H2,1H3. The molecule has 0 amide bonds. The number of fused-ring (bicyclic) bond motifs is 1. The summed E-state index contributed by atoms with van der Waals surface area (Å²) in [5.41, 5.74) is 2.94. The fourth-order valence-electron chi connectivity index (χ4n) is 2.96. The second kappa shape index (κ2) is 7.69. The van der Waals surface area contributed by atoms with Crippen molar-refractivity contribution in [1.82, 2.24) is 9.38 Å².